The van der Waals surface area contributed by atoms with E-state index in [1.807, 2.05) is 29.1 Å². The summed E-state index contributed by atoms with van der Waals surface area (Å²) in [7, 11) is 0. The molecule has 7 heteroatoms. The van der Waals surface area contributed by atoms with Crippen molar-refractivity contribution in [2.24, 2.45) is 0 Å². The highest BCUT2D eigenvalue weighted by atomic mass is 16.5. The first-order valence-electron chi connectivity index (χ1n) is 7.34. The van der Waals surface area contributed by atoms with Crippen molar-refractivity contribution in [1.29, 1.82) is 0 Å². The molecule has 4 rings (SSSR count). The van der Waals surface area contributed by atoms with Crippen molar-refractivity contribution in [3.63, 3.8) is 0 Å². The fraction of sp³-hybridized carbons (Fsp3) is 0.333. The van der Waals surface area contributed by atoms with Crippen LogP contribution < -0.4 is 5.32 Å². The number of hydrogen-bond donors (Lipinski definition) is 1. The maximum atomic E-state index is 5.61. The largest absolute Gasteiger partial charge is 0.336 e. The fourth-order valence-electron chi connectivity index (χ4n) is 2.93. The molecule has 3 aromatic rings. The van der Waals surface area contributed by atoms with E-state index in [4.69, 9.17) is 4.52 Å². The summed E-state index contributed by atoms with van der Waals surface area (Å²) in [5.41, 5.74) is 0.476. The summed E-state index contributed by atoms with van der Waals surface area (Å²) in [5, 5.41) is 11.9. The molecule has 0 aliphatic carbocycles. The Morgan fingerprint density at radius 1 is 1.18 bits per heavy atom. The van der Waals surface area contributed by atoms with Gasteiger partial charge in [-0.05, 0) is 44.1 Å². The molecule has 0 spiro atoms. The first-order valence-corrected chi connectivity index (χ1v) is 7.34. The van der Waals surface area contributed by atoms with Gasteiger partial charge in [0.15, 0.2) is 0 Å². The molecule has 0 radical (unpaired) electrons. The van der Waals surface area contributed by atoms with Crippen molar-refractivity contribution in [2.45, 2.75) is 18.4 Å². The van der Waals surface area contributed by atoms with Crippen LogP contribution in [0, 0.1) is 0 Å². The zero-order valence-corrected chi connectivity index (χ0v) is 12.0. The van der Waals surface area contributed by atoms with Crippen LogP contribution in [0.2, 0.25) is 0 Å². The van der Waals surface area contributed by atoms with Crippen molar-refractivity contribution < 1.29 is 4.52 Å². The molecule has 0 bridgehead atoms. The van der Waals surface area contributed by atoms with Crippen LogP contribution >= 0.6 is 0 Å². The lowest BCUT2D eigenvalue weighted by Gasteiger charge is -2.34. The van der Waals surface area contributed by atoms with Crippen molar-refractivity contribution in [2.75, 3.05) is 13.1 Å². The molecule has 3 aromatic heterocycles. The van der Waals surface area contributed by atoms with Crippen molar-refractivity contribution in [3.8, 4) is 11.4 Å². The van der Waals surface area contributed by atoms with Gasteiger partial charge >= 0.3 is 0 Å². The Labute approximate surface area is 127 Å². The Morgan fingerprint density at radius 3 is 2.82 bits per heavy atom. The molecule has 0 amide bonds. The average Bonchev–Trinajstić information content (AvgIpc) is 3.29. The van der Waals surface area contributed by atoms with E-state index in [-0.39, 0.29) is 5.54 Å². The molecule has 0 unspecified atom stereocenters. The zero-order valence-electron chi connectivity index (χ0n) is 12.0. The highest BCUT2D eigenvalue weighted by Gasteiger charge is 2.41. The van der Waals surface area contributed by atoms with Crippen molar-refractivity contribution >= 4 is 0 Å². The summed E-state index contributed by atoms with van der Waals surface area (Å²) in [6.45, 7) is 1.79. The standard InChI is InChI=1S/C15H16N6O/c1-3-12(11-17-6-1)13-19-14(22-20-13)15(4-8-16-9-5-15)21-10-2-7-18-21/h1-3,6-7,10-11,16H,4-5,8-9H2. The van der Waals surface area contributed by atoms with Crippen LogP contribution in [0.1, 0.15) is 18.7 Å². The minimum absolute atomic E-state index is 0.373. The Morgan fingerprint density at radius 2 is 2.09 bits per heavy atom. The van der Waals surface area contributed by atoms with Gasteiger partial charge in [-0.15, -0.1) is 0 Å². The Bertz CT molecular complexity index is 731. The van der Waals surface area contributed by atoms with Gasteiger partial charge in [0.2, 0.25) is 5.82 Å². The van der Waals surface area contributed by atoms with E-state index in [1.165, 1.54) is 0 Å². The second-order valence-corrected chi connectivity index (χ2v) is 5.40. The third kappa shape index (κ3) is 2.10. The molecule has 22 heavy (non-hydrogen) atoms. The Balaban J connectivity index is 1.76. The van der Waals surface area contributed by atoms with E-state index in [2.05, 4.69) is 25.5 Å². The van der Waals surface area contributed by atoms with Crippen LogP contribution in [0.25, 0.3) is 11.4 Å². The van der Waals surface area contributed by atoms with Crippen LogP contribution in [0.4, 0.5) is 0 Å². The molecule has 0 atom stereocenters. The number of aromatic nitrogens is 5. The summed E-state index contributed by atoms with van der Waals surface area (Å²) in [5.74, 6) is 1.17. The summed E-state index contributed by atoms with van der Waals surface area (Å²) in [6, 6.07) is 5.70. The summed E-state index contributed by atoms with van der Waals surface area (Å²) in [4.78, 5) is 8.73. The maximum absolute atomic E-state index is 5.61. The SMILES string of the molecule is c1cncc(-c2noc(C3(n4cccn4)CCNCC3)n2)c1. The first kappa shape index (κ1) is 13.1. The van der Waals surface area contributed by atoms with Crippen LogP contribution in [0.5, 0.6) is 0 Å². The number of piperidine rings is 1. The predicted octanol–water partition coefficient (Wildman–Crippen LogP) is 1.46. The molecule has 0 saturated carbocycles. The molecule has 1 saturated heterocycles. The number of nitrogens with zero attached hydrogens (tertiary/aromatic N) is 5. The molecule has 112 valence electrons. The molecular weight excluding hydrogens is 280 g/mol. The van der Waals surface area contributed by atoms with Crippen LogP contribution in [0.3, 0.4) is 0 Å². The van der Waals surface area contributed by atoms with E-state index in [9.17, 15) is 0 Å². The fourth-order valence-corrected chi connectivity index (χ4v) is 2.93. The van der Waals surface area contributed by atoms with Crippen LogP contribution in [-0.2, 0) is 5.54 Å². The number of nitrogens with one attached hydrogen (secondary N) is 1. The van der Waals surface area contributed by atoms with E-state index in [0.717, 1.165) is 31.5 Å². The highest BCUT2D eigenvalue weighted by Crippen LogP contribution is 2.34. The average molecular weight is 296 g/mol. The van der Waals surface area contributed by atoms with Gasteiger partial charge in [-0.25, -0.2) is 0 Å². The lowest BCUT2D eigenvalue weighted by Crippen LogP contribution is -2.45. The van der Waals surface area contributed by atoms with Gasteiger partial charge in [0.1, 0.15) is 5.54 Å². The first-order chi connectivity index (χ1) is 10.9. The molecule has 4 heterocycles. The zero-order chi connectivity index (χ0) is 14.8. The quantitative estimate of drug-likeness (QED) is 0.788. The summed E-state index contributed by atoms with van der Waals surface area (Å²) in [6.07, 6.45) is 8.92. The van der Waals surface area contributed by atoms with E-state index in [0.29, 0.717) is 11.7 Å². The van der Waals surface area contributed by atoms with Gasteiger partial charge in [0.05, 0.1) is 0 Å². The van der Waals surface area contributed by atoms with Crippen molar-refractivity contribution in [3.05, 3.63) is 48.9 Å². The van der Waals surface area contributed by atoms with E-state index in [1.54, 1.807) is 18.6 Å². The molecule has 1 aliphatic rings. The molecule has 1 fully saturated rings. The Kier molecular flexibility index (Phi) is 3.19. The predicted molar refractivity (Wildman–Crippen MR) is 78.9 cm³/mol. The third-order valence-electron chi connectivity index (χ3n) is 4.12. The summed E-state index contributed by atoms with van der Waals surface area (Å²) >= 11 is 0. The van der Waals surface area contributed by atoms with Crippen LogP contribution in [0.15, 0.2) is 47.5 Å². The highest BCUT2D eigenvalue weighted by molar-refractivity contribution is 5.52. The van der Waals surface area contributed by atoms with Gasteiger partial charge in [0.25, 0.3) is 5.89 Å². The minimum atomic E-state index is -0.373. The molecule has 1 N–H and O–H groups in total. The molecule has 0 aromatic carbocycles. The molecule has 7 nitrogen and oxygen atoms in total. The van der Waals surface area contributed by atoms with Crippen molar-refractivity contribution in [1.82, 2.24) is 30.2 Å². The van der Waals surface area contributed by atoms with Gasteiger partial charge in [-0.2, -0.15) is 10.1 Å². The lowest BCUT2D eigenvalue weighted by atomic mass is 9.88. The van der Waals surface area contributed by atoms with Gasteiger partial charge in [-0.1, -0.05) is 5.16 Å². The number of rotatable bonds is 3. The maximum Gasteiger partial charge on any atom is 0.255 e. The van der Waals surface area contributed by atoms with Crippen LogP contribution in [-0.4, -0.2) is 38.0 Å². The van der Waals surface area contributed by atoms with E-state index < -0.39 is 0 Å². The topological polar surface area (TPSA) is 81.7 Å². The monoisotopic (exact) mass is 296 g/mol. The summed E-state index contributed by atoms with van der Waals surface area (Å²) < 4.78 is 7.55. The molecule has 1 aliphatic heterocycles. The minimum Gasteiger partial charge on any atom is -0.336 e. The lowest BCUT2D eigenvalue weighted by molar-refractivity contribution is 0.172. The van der Waals surface area contributed by atoms with Gasteiger partial charge < -0.3 is 9.84 Å². The second kappa shape index (κ2) is 5.34. The third-order valence-corrected chi connectivity index (χ3v) is 4.12. The Hall–Kier alpha value is -2.54. The number of pyridine rings is 1. The second-order valence-electron chi connectivity index (χ2n) is 5.40. The smallest absolute Gasteiger partial charge is 0.255 e. The normalized spacial score (nSPS) is 17.5. The van der Waals surface area contributed by atoms with Gasteiger partial charge in [-0.3, -0.25) is 9.67 Å². The molecular formula is C15H16N6O. The number of hydrogen-bond acceptors (Lipinski definition) is 6. The van der Waals surface area contributed by atoms with Gasteiger partial charge in [0, 0.05) is 30.4 Å². The van der Waals surface area contributed by atoms with E-state index >= 15 is 0 Å².